The van der Waals surface area contributed by atoms with Gasteiger partial charge in [-0.1, -0.05) is 4.57 Å². The zero-order chi connectivity index (χ0) is 4.28. The highest BCUT2D eigenvalue weighted by Gasteiger charge is 1.90. The molecule has 0 amide bonds. The maximum atomic E-state index is 9.08. The first-order chi connectivity index (χ1) is 2.27. The van der Waals surface area contributed by atoms with Crippen molar-refractivity contribution < 1.29 is 14.0 Å². The minimum atomic E-state index is -2.68. The van der Waals surface area contributed by atoms with Crippen molar-refractivity contribution in [1.29, 1.82) is 0 Å². The molecule has 0 saturated heterocycles. The molecule has 0 aromatic rings. The molecule has 28 valence electrons. The molecule has 0 rings (SSSR count). The molecule has 0 radical (unpaired) electrons. The van der Waals surface area contributed by atoms with Crippen LogP contribution in [0.3, 0.4) is 0 Å². The molecule has 5 heteroatoms. The third kappa shape index (κ3) is 4.16. The Labute approximate surface area is 31.0 Å². The average Bonchev–Trinajstić information content (AvgIpc) is 1.38. The van der Waals surface area contributed by atoms with Crippen LogP contribution in [-0.2, 0) is 9.13 Å². The predicted octanol–water partition coefficient (Wildman–Crippen LogP) is 0.296. The Kier molecular flexibility index (Phi) is 2.48. The molecule has 0 spiro atoms. The summed E-state index contributed by atoms with van der Waals surface area (Å²) in [4.78, 5) is 9.08. The molecule has 0 aliphatic rings. The maximum absolute atomic E-state index is 9.08. The van der Waals surface area contributed by atoms with Gasteiger partial charge in [-0.05, 0) is 0 Å². The third-order valence-electron chi connectivity index (χ3n) is 0.0667. The van der Waals surface area contributed by atoms with E-state index in [9.17, 15) is 0 Å². The van der Waals surface area contributed by atoms with Gasteiger partial charge in [0.15, 0.2) is 0 Å². The Morgan fingerprint density at radius 3 is 2.00 bits per heavy atom. The van der Waals surface area contributed by atoms with Gasteiger partial charge in [-0.2, -0.15) is 0 Å². The molecule has 0 aliphatic carbocycles. The van der Waals surface area contributed by atoms with Crippen LogP contribution in [0.4, 0.5) is 0 Å². The van der Waals surface area contributed by atoms with Gasteiger partial charge in [-0.15, -0.1) is 0 Å². The summed E-state index contributed by atoms with van der Waals surface area (Å²) < 4.78 is 18.1. The van der Waals surface area contributed by atoms with Crippen molar-refractivity contribution in [2.24, 2.45) is 0 Å². The summed E-state index contributed by atoms with van der Waals surface area (Å²) in [6.07, 6.45) is 0. The average molecular weight is 110 g/mol. The fourth-order valence-corrected chi connectivity index (χ4v) is 0. The normalized spacial score (nSPS) is 11.8. The van der Waals surface area contributed by atoms with E-state index in [1.165, 1.54) is 0 Å². The van der Waals surface area contributed by atoms with Gasteiger partial charge in [0.2, 0.25) is 0 Å². The Morgan fingerprint density at radius 1 is 1.80 bits per heavy atom. The topological polar surface area (TPSA) is 57.2 Å². The summed E-state index contributed by atoms with van der Waals surface area (Å²) in [6.45, 7) is 0. The van der Waals surface area contributed by atoms with Crippen LogP contribution in [0.1, 0.15) is 0 Å². The summed E-state index contributed by atoms with van der Waals surface area (Å²) in [5.74, 6) is 0. The van der Waals surface area contributed by atoms with E-state index in [1.807, 2.05) is 0 Å². The lowest BCUT2D eigenvalue weighted by Gasteiger charge is -1.56. The van der Waals surface area contributed by atoms with Crippen LogP contribution in [0.15, 0.2) is 0 Å². The summed E-state index contributed by atoms with van der Waals surface area (Å²) in [5.41, 5.74) is 0. The molecule has 0 aliphatic heterocycles. The number of hydrogen-bond donors (Lipinski definition) is 0. The van der Waals surface area contributed by atoms with Gasteiger partial charge in [0.25, 0.3) is 0 Å². The number of rotatable bonds is 1. The van der Waals surface area contributed by atoms with E-state index in [4.69, 9.17) is 14.0 Å². The third-order valence-corrected chi connectivity index (χ3v) is 0.600. The predicted molar refractivity (Wildman–Crippen MR) is 15.2 cm³/mol. The Balaban J connectivity index is 3.20. The molecule has 1 unspecified atom stereocenters. The first-order valence-electron chi connectivity index (χ1n) is 0.748. The van der Waals surface area contributed by atoms with Crippen molar-refractivity contribution in [1.82, 2.24) is 0 Å². The van der Waals surface area contributed by atoms with Crippen LogP contribution in [0, 0.1) is 0 Å². The summed E-state index contributed by atoms with van der Waals surface area (Å²) in [5, 5.41) is 0. The monoisotopic (exact) mass is 110 g/mol. The van der Waals surface area contributed by atoms with Gasteiger partial charge >= 0.3 is 15.9 Å². The van der Waals surface area contributed by atoms with Crippen LogP contribution < -0.4 is 4.89 Å². The van der Waals surface area contributed by atoms with Gasteiger partial charge in [0, 0.05) is 0 Å². The van der Waals surface area contributed by atoms with E-state index < -0.39 is 15.9 Å². The molecule has 5 heavy (non-hydrogen) atoms. The van der Waals surface area contributed by atoms with Crippen LogP contribution in [0.25, 0.3) is 0 Å². The van der Waals surface area contributed by atoms with Crippen LogP contribution in [0.2, 0.25) is 0 Å². The summed E-state index contributed by atoms with van der Waals surface area (Å²) >= 11 is 0. The van der Waals surface area contributed by atoms with E-state index in [1.54, 1.807) is 0 Å². The first kappa shape index (κ1) is 5.16. The zero-order valence-electron chi connectivity index (χ0n) is 2.12. The Hall–Kier alpha value is 0.160. The minimum absolute atomic E-state index is 0.799. The van der Waals surface area contributed by atoms with Gasteiger partial charge in [-0.25, -0.2) is 4.57 Å². The van der Waals surface area contributed by atoms with Gasteiger partial charge in [0.1, 0.15) is 0 Å². The van der Waals surface area contributed by atoms with Gasteiger partial charge < -0.3 is 4.89 Å². The van der Waals surface area contributed by atoms with E-state index >= 15 is 0 Å². The van der Waals surface area contributed by atoms with Gasteiger partial charge in [0.05, 0.1) is 0 Å². The van der Waals surface area contributed by atoms with Crippen molar-refractivity contribution in [3.05, 3.63) is 0 Å². The van der Waals surface area contributed by atoms with Gasteiger partial charge in [-0.3, -0.25) is 0 Å². The molecular weight excluding hydrogens is 110 g/mol. The van der Waals surface area contributed by atoms with Crippen molar-refractivity contribution >= 4 is 15.9 Å². The van der Waals surface area contributed by atoms with E-state index in [0.29, 0.717) is 0 Å². The molecule has 0 saturated carbocycles. The molecule has 0 bridgehead atoms. The fraction of sp³-hybridized carbons (Fsp3) is 0. The molecule has 0 heterocycles. The molecule has 0 aromatic heterocycles. The Morgan fingerprint density at radius 2 is 2.00 bits per heavy atom. The lowest BCUT2D eigenvalue weighted by atomic mass is 15.9. The van der Waals surface area contributed by atoms with Crippen LogP contribution >= 0.6 is 15.9 Å². The summed E-state index contributed by atoms with van der Waals surface area (Å²) in [7, 11) is -3.48. The van der Waals surface area contributed by atoms with E-state index in [2.05, 4.69) is 0 Å². The highest BCUT2D eigenvalue weighted by atomic mass is 32.0. The fourth-order valence-electron chi connectivity index (χ4n) is 0. The quantitative estimate of drug-likeness (QED) is 0.456. The summed E-state index contributed by atoms with van der Waals surface area (Å²) in [6, 6.07) is 0. The zero-order valence-corrected chi connectivity index (χ0v) is 3.91. The van der Waals surface area contributed by atoms with Crippen molar-refractivity contribution in [2.45, 2.75) is 0 Å². The standard InChI is InChI=1S/O3P2/c1-4-5(2)3. The van der Waals surface area contributed by atoms with Crippen molar-refractivity contribution in [3.63, 3.8) is 0 Å². The highest BCUT2D eigenvalue weighted by molar-refractivity contribution is 8.05. The van der Waals surface area contributed by atoms with E-state index in [-0.39, 0.29) is 0 Å². The smallest absolute Gasteiger partial charge is 0.454 e. The molecule has 0 N–H and O–H groups in total. The minimum Gasteiger partial charge on any atom is -0.586 e. The maximum Gasteiger partial charge on any atom is 0.454 e. The molecular formula is O3P2. The van der Waals surface area contributed by atoms with Crippen molar-refractivity contribution in [3.8, 4) is 0 Å². The lowest BCUT2D eigenvalue weighted by Crippen LogP contribution is -1.73. The highest BCUT2D eigenvalue weighted by Crippen LogP contribution is 2.23. The first-order valence-corrected chi connectivity index (χ1v) is 3.44. The van der Waals surface area contributed by atoms with Crippen LogP contribution in [-0.4, -0.2) is 0 Å². The molecule has 0 fully saturated rings. The molecule has 3 nitrogen and oxygen atoms in total. The van der Waals surface area contributed by atoms with Crippen LogP contribution in [0.5, 0.6) is 0 Å². The SMILES string of the molecule is O=P[P+](=O)[O-]. The second kappa shape index (κ2) is 2.40. The second-order valence-electron chi connectivity index (χ2n) is 0.319. The second-order valence-corrected chi connectivity index (χ2v) is 2.43. The van der Waals surface area contributed by atoms with E-state index in [0.717, 1.165) is 0 Å². The van der Waals surface area contributed by atoms with Crippen molar-refractivity contribution in [2.75, 3.05) is 0 Å². The number of hydrogen-bond acceptors (Lipinski definition) is 3. The lowest BCUT2D eigenvalue weighted by molar-refractivity contribution is -0.158. The largest absolute Gasteiger partial charge is 0.586 e. The molecule has 1 atom stereocenters. The Bertz CT molecular complexity index is 55.9. The molecule has 0 aromatic carbocycles.